The molecule has 0 spiro atoms. The molecule has 16 heavy (non-hydrogen) atoms. The summed E-state index contributed by atoms with van der Waals surface area (Å²) in [4.78, 5) is 11.6. The zero-order chi connectivity index (χ0) is 12.3. The maximum absolute atomic E-state index is 12.7. The first-order valence-electron chi connectivity index (χ1n) is 5.03. The minimum Gasteiger partial charge on any atom is -0.460 e. The number of carbonyl (C=O) groups is 1. The van der Waals surface area contributed by atoms with Gasteiger partial charge in [-0.05, 0) is 38.5 Å². The summed E-state index contributed by atoms with van der Waals surface area (Å²) >= 11 is 0. The Kier molecular flexibility index (Phi) is 3.73. The maximum atomic E-state index is 12.7. The standard InChI is InChI=1S/C12H14BFO2/c1-12(2,3)16-11(15)10(13)8-4-6-9(14)7-5-8/h4-7,10H,1-3H3/t10-/m1/s1. The molecule has 2 nitrogen and oxygen atoms in total. The van der Waals surface area contributed by atoms with E-state index in [2.05, 4.69) is 0 Å². The molecule has 0 aromatic heterocycles. The predicted octanol–water partition coefficient (Wildman–Crippen LogP) is 2.38. The van der Waals surface area contributed by atoms with E-state index in [9.17, 15) is 9.18 Å². The topological polar surface area (TPSA) is 26.3 Å². The van der Waals surface area contributed by atoms with Crippen LogP contribution >= 0.6 is 0 Å². The van der Waals surface area contributed by atoms with Crippen molar-refractivity contribution in [3.8, 4) is 0 Å². The van der Waals surface area contributed by atoms with Crippen molar-refractivity contribution in [2.24, 2.45) is 0 Å². The van der Waals surface area contributed by atoms with Crippen LogP contribution in [0.4, 0.5) is 4.39 Å². The Balaban J connectivity index is 2.74. The number of rotatable bonds is 2. The highest BCUT2D eigenvalue weighted by Crippen LogP contribution is 2.18. The number of hydrogen-bond acceptors (Lipinski definition) is 2. The van der Waals surface area contributed by atoms with Crippen LogP contribution in [0.5, 0.6) is 0 Å². The van der Waals surface area contributed by atoms with Gasteiger partial charge in [-0.25, -0.2) is 4.39 Å². The molecule has 0 unspecified atom stereocenters. The second-order valence-electron chi connectivity index (χ2n) is 4.56. The molecular formula is C12H14BFO2. The predicted molar refractivity (Wildman–Crippen MR) is 60.7 cm³/mol. The number of benzene rings is 1. The lowest BCUT2D eigenvalue weighted by molar-refractivity contribution is -0.154. The number of ether oxygens (including phenoxy) is 1. The van der Waals surface area contributed by atoms with E-state index in [1.54, 1.807) is 20.8 Å². The van der Waals surface area contributed by atoms with Crippen molar-refractivity contribution < 1.29 is 13.9 Å². The first-order chi connectivity index (χ1) is 7.29. The average molecular weight is 220 g/mol. The van der Waals surface area contributed by atoms with Crippen molar-refractivity contribution in [2.45, 2.75) is 32.2 Å². The number of esters is 1. The minimum absolute atomic E-state index is 0.361. The van der Waals surface area contributed by atoms with Crippen molar-refractivity contribution in [1.29, 1.82) is 0 Å². The Morgan fingerprint density at radius 1 is 1.31 bits per heavy atom. The largest absolute Gasteiger partial charge is 0.460 e. The number of halogens is 1. The molecule has 0 amide bonds. The Hall–Kier alpha value is -1.32. The molecule has 0 heterocycles. The third-order valence-corrected chi connectivity index (χ3v) is 1.89. The molecule has 0 aliphatic carbocycles. The molecule has 0 aliphatic rings. The molecule has 1 aromatic rings. The molecule has 0 N–H and O–H groups in total. The average Bonchev–Trinajstić information content (AvgIpc) is 2.15. The molecule has 0 fully saturated rings. The van der Waals surface area contributed by atoms with Crippen LogP contribution in [0.15, 0.2) is 24.3 Å². The number of hydrogen-bond donors (Lipinski definition) is 0. The van der Waals surface area contributed by atoms with E-state index in [1.807, 2.05) is 0 Å². The van der Waals surface area contributed by atoms with Crippen LogP contribution in [-0.2, 0) is 9.53 Å². The lowest BCUT2D eigenvalue weighted by Crippen LogP contribution is -2.28. The minimum atomic E-state index is -0.875. The van der Waals surface area contributed by atoms with E-state index < -0.39 is 17.4 Å². The summed E-state index contributed by atoms with van der Waals surface area (Å²) in [6.07, 6.45) is 0. The molecular weight excluding hydrogens is 206 g/mol. The highest BCUT2D eigenvalue weighted by Gasteiger charge is 2.22. The maximum Gasteiger partial charge on any atom is 0.304 e. The van der Waals surface area contributed by atoms with Crippen molar-refractivity contribution in [3.05, 3.63) is 35.6 Å². The highest BCUT2D eigenvalue weighted by atomic mass is 19.1. The molecule has 0 aliphatic heterocycles. The van der Waals surface area contributed by atoms with Gasteiger partial charge in [-0.2, -0.15) is 0 Å². The molecule has 0 bridgehead atoms. The van der Waals surface area contributed by atoms with Crippen molar-refractivity contribution in [3.63, 3.8) is 0 Å². The van der Waals surface area contributed by atoms with Crippen LogP contribution in [0.25, 0.3) is 0 Å². The summed E-state index contributed by atoms with van der Waals surface area (Å²) < 4.78 is 17.8. The highest BCUT2D eigenvalue weighted by molar-refractivity contribution is 6.23. The quantitative estimate of drug-likeness (QED) is 0.564. The van der Waals surface area contributed by atoms with Crippen LogP contribution in [0.2, 0.25) is 0 Å². The van der Waals surface area contributed by atoms with Crippen LogP contribution in [0, 0.1) is 5.82 Å². The SMILES string of the molecule is [B][C@@H](C(=O)OC(C)(C)C)c1ccc(F)cc1. The molecule has 4 heteroatoms. The van der Waals surface area contributed by atoms with Gasteiger partial charge in [-0.1, -0.05) is 12.1 Å². The van der Waals surface area contributed by atoms with E-state index in [-0.39, 0.29) is 5.82 Å². The van der Waals surface area contributed by atoms with Crippen LogP contribution in [-0.4, -0.2) is 19.4 Å². The molecule has 0 saturated carbocycles. The van der Waals surface area contributed by atoms with E-state index in [0.717, 1.165) is 0 Å². The monoisotopic (exact) mass is 220 g/mol. The van der Waals surface area contributed by atoms with Crippen molar-refractivity contribution in [2.75, 3.05) is 0 Å². The second kappa shape index (κ2) is 4.68. The zero-order valence-electron chi connectivity index (χ0n) is 9.66. The van der Waals surface area contributed by atoms with E-state index in [4.69, 9.17) is 12.6 Å². The van der Waals surface area contributed by atoms with E-state index >= 15 is 0 Å². The lowest BCUT2D eigenvalue weighted by atomic mass is 9.81. The molecule has 1 atom stereocenters. The third-order valence-electron chi connectivity index (χ3n) is 1.89. The van der Waals surface area contributed by atoms with Crippen LogP contribution < -0.4 is 0 Å². The van der Waals surface area contributed by atoms with Gasteiger partial charge in [-0.3, -0.25) is 4.79 Å². The van der Waals surface area contributed by atoms with Gasteiger partial charge < -0.3 is 4.74 Å². The van der Waals surface area contributed by atoms with Gasteiger partial charge in [-0.15, -0.1) is 0 Å². The fraction of sp³-hybridized carbons (Fsp3) is 0.417. The summed E-state index contributed by atoms with van der Waals surface area (Å²) in [5.74, 6) is -1.75. The molecule has 1 rings (SSSR count). The van der Waals surface area contributed by atoms with Gasteiger partial charge in [0.25, 0.3) is 0 Å². The summed E-state index contributed by atoms with van der Waals surface area (Å²) in [6, 6.07) is 5.48. The molecule has 2 radical (unpaired) electrons. The molecule has 0 saturated heterocycles. The smallest absolute Gasteiger partial charge is 0.304 e. The van der Waals surface area contributed by atoms with Crippen LogP contribution in [0.3, 0.4) is 0 Å². The van der Waals surface area contributed by atoms with Crippen molar-refractivity contribution in [1.82, 2.24) is 0 Å². The normalized spacial score (nSPS) is 13.2. The van der Waals surface area contributed by atoms with Gasteiger partial charge in [0, 0.05) is 5.82 Å². The van der Waals surface area contributed by atoms with Gasteiger partial charge in [0.05, 0.1) is 7.85 Å². The van der Waals surface area contributed by atoms with Crippen molar-refractivity contribution >= 4 is 13.8 Å². The molecule has 1 aromatic carbocycles. The van der Waals surface area contributed by atoms with Crippen LogP contribution in [0.1, 0.15) is 32.2 Å². The molecule has 84 valence electrons. The Morgan fingerprint density at radius 3 is 2.25 bits per heavy atom. The summed E-state index contributed by atoms with van der Waals surface area (Å²) in [6.45, 7) is 5.30. The first-order valence-corrected chi connectivity index (χ1v) is 5.03. The third kappa shape index (κ3) is 3.68. The lowest BCUT2D eigenvalue weighted by Gasteiger charge is -2.22. The summed E-state index contributed by atoms with van der Waals surface area (Å²) in [5, 5.41) is 0. The first kappa shape index (κ1) is 12.8. The fourth-order valence-corrected chi connectivity index (χ4v) is 1.17. The van der Waals surface area contributed by atoms with Gasteiger partial charge in [0.15, 0.2) is 0 Å². The van der Waals surface area contributed by atoms with Gasteiger partial charge >= 0.3 is 5.97 Å². The summed E-state index contributed by atoms with van der Waals surface area (Å²) in [5.41, 5.74) is -0.0370. The zero-order valence-corrected chi connectivity index (χ0v) is 9.66. The Morgan fingerprint density at radius 2 is 1.81 bits per heavy atom. The second-order valence-corrected chi connectivity index (χ2v) is 4.56. The Labute approximate surface area is 96.2 Å². The van der Waals surface area contributed by atoms with Gasteiger partial charge in [0.1, 0.15) is 11.4 Å². The Bertz CT molecular complexity index is 368. The van der Waals surface area contributed by atoms with E-state index in [1.165, 1.54) is 24.3 Å². The van der Waals surface area contributed by atoms with Gasteiger partial charge in [0.2, 0.25) is 0 Å². The van der Waals surface area contributed by atoms with E-state index in [0.29, 0.717) is 5.56 Å². The number of carbonyl (C=O) groups excluding carboxylic acids is 1. The summed E-state index contributed by atoms with van der Waals surface area (Å²) in [7, 11) is 5.70. The fourth-order valence-electron chi connectivity index (χ4n) is 1.17.